The summed E-state index contributed by atoms with van der Waals surface area (Å²) >= 11 is 0. The molecule has 0 radical (unpaired) electrons. The molecule has 3 atom stereocenters. The molecular formula is C42H70NO10P. The van der Waals surface area contributed by atoms with Gasteiger partial charge >= 0.3 is 25.7 Å². The molecule has 54 heavy (non-hydrogen) atoms. The zero-order chi connectivity index (χ0) is 40.0. The topological polar surface area (TPSA) is 172 Å². The van der Waals surface area contributed by atoms with Crippen LogP contribution in [0, 0.1) is 0 Å². The number of allylic oxidation sites excluding steroid dienone is 12. The minimum atomic E-state index is -4.73. The number of hydrogen-bond acceptors (Lipinski definition) is 9. The summed E-state index contributed by atoms with van der Waals surface area (Å²) in [5, 5.41) is 8.87. The summed E-state index contributed by atoms with van der Waals surface area (Å²) < 4.78 is 32.5. The average molecular weight is 780 g/mol. The molecule has 0 aromatic carbocycles. The number of ether oxygens (including phenoxy) is 2. The SMILES string of the molecule is CC/C=C/C/C=C/C/C=C/CCCCCCCC(=O)OC[C@H](COP(=O)(O)OC[C@H](N)C(=O)O)OC(=O)CCCC/C=C/C/C=C/C/C=C/CCCCC. The summed E-state index contributed by atoms with van der Waals surface area (Å²) in [6.07, 6.45) is 42.6. The first-order valence-corrected chi connectivity index (χ1v) is 21.5. The first-order chi connectivity index (χ1) is 26.1. The summed E-state index contributed by atoms with van der Waals surface area (Å²) in [4.78, 5) is 45.8. The molecule has 12 heteroatoms. The highest BCUT2D eigenvalue weighted by Crippen LogP contribution is 2.43. The van der Waals surface area contributed by atoms with Gasteiger partial charge in [0, 0.05) is 12.8 Å². The normalized spacial score (nSPS) is 14.6. The molecule has 4 N–H and O–H groups in total. The molecule has 0 rings (SSSR count). The highest BCUT2D eigenvalue weighted by molar-refractivity contribution is 7.47. The van der Waals surface area contributed by atoms with E-state index in [0.29, 0.717) is 12.8 Å². The molecule has 0 aliphatic heterocycles. The van der Waals surface area contributed by atoms with Gasteiger partial charge in [-0.15, -0.1) is 0 Å². The van der Waals surface area contributed by atoms with Crippen LogP contribution in [-0.2, 0) is 37.5 Å². The van der Waals surface area contributed by atoms with Crippen LogP contribution in [0.5, 0.6) is 0 Å². The Hall–Kier alpha value is -3.08. The molecule has 0 aliphatic rings. The van der Waals surface area contributed by atoms with Crippen molar-refractivity contribution in [2.45, 2.75) is 154 Å². The summed E-state index contributed by atoms with van der Waals surface area (Å²) in [5.41, 5.74) is 5.32. The van der Waals surface area contributed by atoms with Crippen molar-refractivity contribution < 1.29 is 47.5 Å². The second-order valence-electron chi connectivity index (χ2n) is 13.0. The Balaban J connectivity index is 4.53. The highest BCUT2D eigenvalue weighted by atomic mass is 31.2. The van der Waals surface area contributed by atoms with Crippen molar-refractivity contribution in [1.82, 2.24) is 0 Å². The van der Waals surface area contributed by atoms with E-state index in [0.717, 1.165) is 83.5 Å². The summed E-state index contributed by atoms with van der Waals surface area (Å²) in [6.45, 7) is 2.58. The van der Waals surface area contributed by atoms with Crippen LogP contribution in [0.1, 0.15) is 142 Å². The van der Waals surface area contributed by atoms with E-state index >= 15 is 0 Å². The van der Waals surface area contributed by atoms with Gasteiger partial charge in [-0.3, -0.25) is 23.4 Å². The number of esters is 2. The standard InChI is InChI=1S/C42H70NO10P/c1-3-5-7-9-11-13-15-17-19-21-23-25-27-29-31-33-40(44)50-35-38(36-51-54(48,49)52-37-39(43)42(46)47)53-41(45)34-32-30-28-26-24-22-20-18-16-14-12-10-8-6-4-2/h5,7,11-14,17-20,24,26,38-39H,3-4,6,8-10,15-16,21-23,25,27-37,43H2,1-2H3,(H,46,47)(H,48,49)/b7-5+,13-11+,14-12+,19-17+,20-18+,26-24+/t38-,39+/m1/s1. The number of phosphoric acid groups is 1. The van der Waals surface area contributed by atoms with Crippen molar-refractivity contribution >= 4 is 25.7 Å². The Bertz CT molecular complexity index is 1190. The van der Waals surface area contributed by atoms with E-state index in [1.807, 2.05) is 0 Å². The van der Waals surface area contributed by atoms with Gasteiger partial charge in [0.25, 0.3) is 0 Å². The number of carboxylic acid groups (broad SMARTS) is 1. The molecule has 0 aliphatic carbocycles. The molecule has 0 aromatic rings. The number of rotatable bonds is 36. The number of unbranched alkanes of at least 4 members (excludes halogenated alkanes) is 10. The lowest BCUT2D eigenvalue weighted by Gasteiger charge is -2.20. The molecule has 1 unspecified atom stereocenters. The van der Waals surface area contributed by atoms with E-state index in [2.05, 4.69) is 91.3 Å². The number of nitrogens with two attached hydrogens (primary N) is 1. The molecule has 0 aromatic heterocycles. The first kappa shape index (κ1) is 50.9. The van der Waals surface area contributed by atoms with E-state index in [-0.39, 0.29) is 19.4 Å². The minimum Gasteiger partial charge on any atom is -0.480 e. The quantitative estimate of drug-likeness (QED) is 0.0239. The van der Waals surface area contributed by atoms with Crippen LogP contribution < -0.4 is 5.73 Å². The van der Waals surface area contributed by atoms with Gasteiger partial charge in [0.05, 0.1) is 13.2 Å². The maximum atomic E-state index is 12.6. The fraction of sp³-hybridized carbons (Fsp3) is 0.643. The molecule has 0 saturated carbocycles. The van der Waals surface area contributed by atoms with Crippen LogP contribution >= 0.6 is 7.82 Å². The minimum absolute atomic E-state index is 0.104. The second kappa shape index (κ2) is 36.9. The smallest absolute Gasteiger partial charge is 0.472 e. The first-order valence-electron chi connectivity index (χ1n) is 20.0. The van der Waals surface area contributed by atoms with E-state index < -0.39 is 51.1 Å². The van der Waals surface area contributed by atoms with Crippen LogP contribution in [0.4, 0.5) is 0 Å². The van der Waals surface area contributed by atoms with Crippen molar-refractivity contribution in [2.24, 2.45) is 5.73 Å². The van der Waals surface area contributed by atoms with Gasteiger partial charge in [-0.2, -0.15) is 0 Å². The number of hydrogen-bond donors (Lipinski definition) is 3. The molecule has 0 amide bonds. The van der Waals surface area contributed by atoms with Gasteiger partial charge in [0.15, 0.2) is 6.10 Å². The zero-order valence-electron chi connectivity index (χ0n) is 33.0. The van der Waals surface area contributed by atoms with E-state index in [4.69, 9.17) is 24.8 Å². The number of phosphoric ester groups is 1. The predicted molar refractivity (Wildman–Crippen MR) is 217 cm³/mol. The molecule has 0 spiro atoms. The van der Waals surface area contributed by atoms with Crippen molar-refractivity contribution in [2.75, 3.05) is 19.8 Å². The molecule has 0 fully saturated rings. The summed E-state index contributed by atoms with van der Waals surface area (Å²) in [5.74, 6) is -2.46. The molecule has 0 saturated heterocycles. The monoisotopic (exact) mass is 779 g/mol. The molecule has 0 bridgehead atoms. The molecule has 11 nitrogen and oxygen atoms in total. The maximum absolute atomic E-state index is 12.6. The molecular weight excluding hydrogens is 709 g/mol. The number of carbonyl (C=O) groups is 3. The summed E-state index contributed by atoms with van der Waals surface area (Å²) in [6, 6.07) is -1.53. The lowest BCUT2D eigenvalue weighted by molar-refractivity contribution is -0.161. The Labute approximate surface area is 325 Å². The van der Waals surface area contributed by atoms with Crippen LogP contribution in [-0.4, -0.2) is 59.9 Å². The lowest BCUT2D eigenvalue weighted by atomic mass is 10.1. The van der Waals surface area contributed by atoms with Crippen LogP contribution in [0.2, 0.25) is 0 Å². The van der Waals surface area contributed by atoms with Gasteiger partial charge in [0.2, 0.25) is 0 Å². The Kier molecular flexibility index (Phi) is 34.8. The molecule has 308 valence electrons. The molecule has 0 heterocycles. The third-order valence-electron chi connectivity index (χ3n) is 7.94. The largest absolute Gasteiger partial charge is 0.480 e. The third kappa shape index (κ3) is 35.9. The van der Waals surface area contributed by atoms with Gasteiger partial charge in [-0.25, -0.2) is 4.57 Å². The van der Waals surface area contributed by atoms with Crippen LogP contribution in [0.25, 0.3) is 0 Å². The Morgan fingerprint density at radius 3 is 1.59 bits per heavy atom. The van der Waals surface area contributed by atoms with Crippen molar-refractivity contribution in [3.63, 3.8) is 0 Å². The zero-order valence-corrected chi connectivity index (χ0v) is 33.9. The van der Waals surface area contributed by atoms with E-state index in [9.17, 15) is 23.8 Å². The van der Waals surface area contributed by atoms with E-state index in [1.165, 1.54) is 19.3 Å². The van der Waals surface area contributed by atoms with Crippen molar-refractivity contribution in [3.05, 3.63) is 72.9 Å². The third-order valence-corrected chi connectivity index (χ3v) is 8.89. The number of carboxylic acids is 1. The Morgan fingerprint density at radius 2 is 1.04 bits per heavy atom. The fourth-order valence-corrected chi connectivity index (χ4v) is 5.57. The van der Waals surface area contributed by atoms with Gasteiger partial charge in [-0.05, 0) is 83.5 Å². The highest BCUT2D eigenvalue weighted by Gasteiger charge is 2.28. The van der Waals surface area contributed by atoms with Crippen LogP contribution in [0.3, 0.4) is 0 Å². The van der Waals surface area contributed by atoms with Crippen LogP contribution in [0.15, 0.2) is 72.9 Å². The van der Waals surface area contributed by atoms with Crippen molar-refractivity contribution in [1.29, 1.82) is 0 Å². The summed E-state index contributed by atoms with van der Waals surface area (Å²) in [7, 11) is -4.73. The second-order valence-corrected chi connectivity index (χ2v) is 14.5. The average Bonchev–Trinajstić information content (AvgIpc) is 3.14. The number of carbonyl (C=O) groups excluding carboxylic acids is 2. The van der Waals surface area contributed by atoms with Gasteiger partial charge in [-0.1, -0.05) is 119 Å². The number of aliphatic carboxylic acids is 1. The van der Waals surface area contributed by atoms with Gasteiger partial charge < -0.3 is 25.2 Å². The van der Waals surface area contributed by atoms with Gasteiger partial charge in [0.1, 0.15) is 12.6 Å². The predicted octanol–water partition coefficient (Wildman–Crippen LogP) is 10.2. The van der Waals surface area contributed by atoms with E-state index in [1.54, 1.807) is 0 Å². The maximum Gasteiger partial charge on any atom is 0.472 e. The lowest BCUT2D eigenvalue weighted by Crippen LogP contribution is -2.34. The Morgan fingerprint density at radius 1 is 0.593 bits per heavy atom. The fourth-order valence-electron chi connectivity index (χ4n) is 4.79. The van der Waals surface area contributed by atoms with Crippen molar-refractivity contribution in [3.8, 4) is 0 Å².